The summed E-state index contributed by atoms with van der Waals surface area (Å²) >= 11 is 0.998. The highest BCUT2D eigenvalue weighted by molar-refractivity contribution is 8.13. The predicted octanol–water partition coefficient (Wildman–Crippen LogP) is 1.91. The molecule has 2 aromatic rings. The Bertz CT molecular complexity index is 582. The number of hydrogen-bond acceptors (Lipinski definition) is 5. The monoisotopic (exact) mass is 277 g/mol. The zero-order valence-electron chi connectivity index (χ0n) is 10.5. The number of aliphatic hydroxyl groups is 2. The first-order valence-corrected chi connectivity index (χ1v) is 6.91. The van der Waals surface area contributed by atoms with Crippen molar-refractivity contribution in [3.63, 3.8) is 0 Å². The summed E-state index contributed by atoms with van der Waals surface area (Å²) in [6, 6.07) is 9.17. The van der Waals surface area contributed by atoms with Gasteiger partial charge in [0.05, 0.1) is 11.6 Å². The number of benzene rings is 1. The molecule has 1 heterocycles. The van der Waals surface area contributed by atoms with Crippen molar-refractivity contribution in [2.24, 2.45) is 0 Å². The van der Waals surface area contributed by atoms with E-state index in [1.165, 1.54) is 6.92 Å². The van der Waals surface area contributed by atoms with E-state index < -0.39 is 12.2 Å². The Kier molecular flexibility index (Phi) is 4.52. The molecule has 0 fully saturated rings. The molecular formula is C14H15NO3S. The lowest BCUT2D eigenvalue weighted by atomic mass is 10.0. The molecule has 0 aliphatic heterocycles. The van der Waals surface area contributed by atoms with Gasteiger partial charge in [0, 0.05) is 29.8 Å². The molecule has 2 rings (SSSR count). The molecule has 2 atom stereocenters. The molecule has 100 valence electrons. The number of carbonyl (C=O) groups excluding carboxylic acids is 1. The van der Waals surface area contributed by atoms with Crippen molar-refractivity contribution in [3.8, 4) is 0 Å². The third-order valence-electron chi connectivity index (χ3n) is 2.80. The molecule has 1 aromatic carbocycles. The van der Waals surface area contributed by atoms with Crippen LogP contribution in [-0.2, 0) is 4.79 Å². The standard InChI is InChI=1S/C14H15NO3S/c1-9(16)19-8-12(17)14(18)11-6-2-4-10-5-3-7-15-13(10)11/h2-7,12,14,17-18H,8H2,1H3. The van der Waals surface area contributed by atoms with Gasteiger partial charge in [0.1, 0.15) is 6.10 Å². The topological polar surface area (TPSA) is 70.4 Å². The second kappa shape index (κ2) is 6.14. The number of carbonyl (C=O) groups is 1. The molecule has 0 aliphatic carbocycles. The van der Waals surface area contributed by atoms with Crippen LogP contribution >= 0.6 is 11.8 Å². The maximum absolute atomic E-state index is 10.9. The van der Waals surface area contributed by atoms with E-state index in [4.69, 9.17) is 0 Å². The highest BCUT2D eigenvalue weighted by Gasteiger charge is 2.21. The predicted molar refractivity (Wildman–Crippen MR) is 75.8 cm³/mol. The normalized spacial score (nSPS) is 14.3. The Morgan fingerprint density at radius 1 is 1.32 bits per heavy atom. The Hall–Kier alpha value is -1.43. The number of aliphatic hydroxyl groups excluding tert-OH is 2. The molecule has 0 amide bonds. The van der Waals surface area contributed by atoms with Crippen LogP contribution in [0.3, 0.4) is 0 Å². The van der Waals surface area contributed by atoms with Gasteiger partial charge in [-0.1, -0.05) is 36.0 Å². The van der Waals surface area contributed by atoms with Crippen LogP contribution in [-0.4, -0.2) is 32.2 Å². The number of fused-ring (bicyclic) bond motifs is 1. The average Bonchev–Trinajstić information content (AvgIpc) is 2.43. The van der Waals surface area contributed by atoms with Gasteiger partial charge < -0.3 is 10.2 Å². The quantitative estimate of drug-likeness (QED) is 0.893. The van der Waals surface area contributed by atoms with Crippen LogP contribution in [0.1, 0.15) is 18.6 Å². The maximum atomic E-state index is 10.9. The summed E-state index contributed by atoms with van der Waals surface area (Å²) in [7, 11) is 0. The summed E-state index contributed by atoms with van der Waals surface area (Å²) < 4.78 is 0. The van der Waals surface area contributed by atoms with Crippen molar-refractivity contribution in [2.45, 2.75) is 19.1 Å². The van der Waals surface area contributed by atoms with Crippen molar-refractivity contribution in [2.75, 3.05) is 5.75 Å². The molecule has 0 bridgehead atoms. The van der Waals surface area contributed by atoms with E-state index >= 15 is 0 Å². The van der Waals surface area contributed by atoms with E-state index in [-0.39, 0.29) is 10.9 Å². The van der Waals surface area contributed by atoms with Crippen LogP contribution in [0.4, 0.5) is 0 Å². The summed E-state index contributed by atoms with van der Waals surface area (Å²) in [4.78, 5) is 15.1. The molecule has 5 heteroatoms. The van der Waals surface area contributed by atoms with Crippen LogP contribution in [0.5, 0.6) is 0 Å². The van der Waals surface area contributed by atoms with Gasteiger partial charge in [-0.25, -0.2) is 0 Å². The van der Waals surface area contributed by atoms with E-state index in [1.54, 1.807) is 12.3 Å². The van der Waals surface area contributed by atoms with Gasteiger partial charge in [-0.15, -0.1) is 0 Å². The third-order valence-corrected chi connectivity index (χ3v) is 3.72. The van der Waals surface area contributed by atoms with E-state index in [1.807, 2.05) is 24.3 Å². The molecule has 2 unspecified atom stereocenters. The molecule has 0 spiro atoms. The van der Waals surface area contributed by atoms with Crippen molar-refractivity contribution >= 4 is 27.8 Å². The first kappa shape index (κ1) is 14.0. The first-order chi connectivity index (χ1) is 9.09. The molecule has 0 saturated heterocycles. The van der Waals surface area contributed by atoms with Crippen LogP contribution in [0.15, 0.2) is 36.5 Å². The number of pyridine rings is 1. The van der Waals surface area contributed by atoms with E-state index in [0.717, 1.165) is 17.1 Å². The number of rotatable bonds is 4. The number of aromatic nitrogens is 1. The minimum atomic E-state index is -1.05. The van der Waals surface area contributed by atoms with Gasteiger partial charge in [-0.3, -0.25) is 9.78 Å². The third kappa shape index (κ3) is 3.32. The molecule has 4 nitrogen and oxygen atoms in total. The second-order valence-corrected chi connectivity index (χ2v) is 5.43. The summed E-state index contributed by atoms with van der Waals surface area (Å²) in [6.45, 7) is 1.43. The van der Waals surface area contributed by atoms with Crippen LogP contribution < -0.4 is 0 Å². The zero-order chi connectivity index (χ0) is 13.8. The van der Waals surface area contributed by atoms with Crippen LogP contribution in [0, 0.1) is 0 Å². The van der Waals surface area contributed by atoms with E-state index in [2.05, 4.69) is 4.98 Å². The summed E-state index contributed by atoms with van der Waals surface area (Å²) in [5.41, 5.74) is 1.25. The maximum Gasteiger partial charge on any atom is 0.185 e. The number of para-hydroxylation sites is 1. The van der Waals surface area contributed by atoms with Gasteiger partial charge in [0.15, 0.2) is 5.12 Å². The summed E-state index contributed by atoms with van der Waals surface area (Å²) in [6.07, 6.45) is -0.401. The first-order valence-electron chi connectivity index (χ1n) is 5.92. The van der Waals surface area contributed by atoms with Gasteiger partial charge in [0.25, 0.3) is 0 Å². The minimum absolute atomic E-state index is 0.0812. The molecule has 0 saturated carbocycles. The van der Waals surface area contributed by atoms with Crippen molar-refractivity contribution in [1.29, 1.82) is 0 Å². The number of hydrogen-bond donors (Lipinski definition) is 2. The summed E-state index contributed by atoms with van der Waals surface area (Å²) in [5, 5.41) is 20.9. The second-order valence-electron chi connectivity index (χ2n) is 4.24. The van der Waals surface area contributed by atoms with E-state index in [0.29, 0.717) is 11.1 Å². The molecule has 19 heavy (non-hydrogen) atoms. The zero-order valence-corrected chi connectivity index (χ0v) is 11.3. The molecule has 0 aliphatic rings. The Morgan fingerprint density at radius 3 is 2.79 bits per heavy atom. The molecule has 1 aromatic heterocycles. The van der Waals surface area contributed by atoms with Crippen LogP contribution in [0.2, 0.25) is 0 Å². The Labute approximate surface area is 115 Å². The molecular weight excluding hydrogens is 262 g/mol. The van der Waals surface area contributed by atoms with Gasteiger partial charge in [-0.2, -0.15) is 0 Å². The fourth-order valence-electron chi connectivity index (χ4n) is 1.87. The summed E-state index contributed by atoms with van der Waals surface area (Å²) in [5.74, 6) is 0.166. The lowest BCUT2D eigenvalue weighted by Gasteiger charge is -2.18. The number of thioether (sulfide) groups is 1. The fourth-order valence-corrected chi connectivity index (χ4v) is 2.46. The minimum Gasteiger partial charge on any atom is -0.389 e. The largest absolute Gasteiger partial charge is 0.389 e. The van der Waals surface area contributed by atoms with Crippen molar-refractivity contribution in [3.05, 3.63) is 42.1 Å². The van der Waals surface area contributed by atoms with Crippen LogP contribution in [0.25, 0.3) is 10.9 Å². The Morgan fingerprint density at radius 2 is 2.05 bits per heavy atom. The highest BCUT2D eigenvalue weighted by atomic mass is 32.2. The number of nitrogens with zero attached hydrogens (tertiary/aromatic N) is 1. The average molecular weight is 277 g/mol. The van der Waals surface area contributed by atoms with Crippen molar-refractivity contribution in [1.82, 2.24) is 4.98 Å². The van der Waals surface area contributed by atoms with Gasteiger partial charge in [0.2, 0.25) is 0 Å². The fraction of sp³-hybridized carbons (Fsp3) is 0.286. The highest BCUT2D eigenvalue weighted by Crippen LogP contribution is 2.26. The van der Waals surface area contributed by atoms with Crippen molar-refractivity contribution < 1.29 is 15.0 Å². The lowest BCUT2D eigenvalue weighted by Crippen LogP contribution is -2.21. The van der Waals surface area contributed by atoms with Gasteiger partial charge >= 0.3 is 0 Å². The molecule has 2 N–H and O–H groups in total. The smallest absolute Gasteiger partial charge is 0.185 e. The lowest BCUT2D eigenvalue weighted by molar-refractivity contribution is -0.109. The Balaban J connectivity index is 2.25. The molecule has 0 radical (unpaired) electrons. The van der Waals surface area contributed by atoms with Gasteiger partial charge in [-0.05, 0) is 6.07 Å². The van der Waals surface area contributed by atoms with E-state index in [9.17, 15) is 15.0 Å². The SMILES string of the molecule is CC(=O)SCC(O)C(O)c1cccc2cccnc12.